The highest BCUT2D eigenvalue weighted by atomic mass is 16.5. The summed E-state index contributed by atoms with van der Waals surface area (Å²) in [4.78, 5) is 0. The van der Waals surface area contributed by atoms with Crippen LogP contribution in [-0.4, -0.2) is 19.2 Å². The molecule has 100 valence electrons. The number of rotatable bonds is 4. The van der Waals surface area contributed by atoms with Crippen molar-refractivity contribution in [2.45, 2.75) is 50.7 Å². The maximum Gasteiger partial charge on any atom is 0.123 e. The van der Waals surface area contributed by atoms with Crippen LogP contribution in [0.15, 0.2) is 24.3 Å². The topological polar surface area (TPSA) is 47.3 Å². The number of nitrogens with two attached hydrogens (primary N) is 1. The molecule has 3 nitrogen and oxygen atoms in total. The second kappa shape index (κ2) is 6.21. The molecule has 0 heterocycles. The van der Waals surface area contributed by atoms with Gasteiger partial charge < -0.3 is 15.8 Å². The van der Waals surface area contributed by atoms with E-state index in [1.165, 1.54) is 18.4 Å². The molecule has 1 aliphatic carbocycles. The van der Waals surface area contributed by atoms with E-state index in [0.29, 0.717) is 18.1 Å². The zero-order valence-electron chi connectivity index (χ0n) is 11.4. The van der Waals surface area contributed by atoms with Crippen LogP contribution in [0.3, 0.4) is 0 Å². The molecule has 1 aromatic carbocycles. The Balaban J connectivity index is 1.96. The minimum Gasteiger partial charge on any atom is -0.496 e. The van der Waals surface area contributed by atoms with Gasteiger partial charge in [-0.3, -0.25) is 0 Å². The Labute approximate surface area is 110 Å². The van der Waals surface area contributed by atoms with Crippen LogP contribution in [0.2, 0.25) is 0 Å². The summed E-state index contributed by atoms with van der Waals surface area (Å²) in [6.45, 7) is 2.20. The number of hydrogen-bond acceptors (Lipinski definition) is 3. The molecule has 1 atom stereocenters. The summed E-state index contributed by atoms with van der Waals surface area (Å²) in [5, 5.41) is 3.69. The normalized spacial score (nSPS) is 25.7. The minimum absolute atomic E-state index is 0.320. The van der Waals surface area contributed by atoms with E-state index in [1.54, 1.807) is 7.11 Å². The molecule has 1 aromatic rings. The molecule has 0 spiro atoms. The van der Waals surface area contributed by atoms with Gasteiger partial charge in [-0.05, 0) is 38.7 Å². The molecule has 2 rings (SSSR count). The molecule has 1 aliphatic rings. The first-order valence-electron chi connectivity index (χ1n) is 6.85. The summed E-state index contributed by atoms with van der Waals surface area (Å²) in [5.41, 5.74) is 7.17. The Kier molecular flexibility index (Phi) is 4.61. The fourth-order valence-electron chi connectivity index (χ4n) is 2.75. The lowest BCUT2D eigenvalue weighted by atomic mass is 9.91. The van der Waals surface area contributed by atoms with Crippen molar-refractivity contribution in [2.75, 3.05) is 7.11 Å². The van der Waals surface area contributed by atoms with Crippen LogP contribution in [0.5, 0.6) is 5.75 Å². The Morgan fingerprint density at radius 2 is 1.89 bits per heavy atom. The number of ether oxygens (including phenoxy) is 1. The molecule has 0 saturated heterocycles. The number of nitrogens with one attached hydrogen (secondary N) is 1. The van der Waals surface area contributed by atoms with Crippen molar-refractivity contribution in [3.8, 4) is 5.75 Å². The van der Waals surface area contributed by atoms with Crippen molar-refractivity contribution < 1.29 is 4.74 Å². The first-order chi connectivity index (χ1) is 8.70. The lowest BCUT2D eigenvalue weighted by Gasteiger charge is -2.30. The molecule has 3 N–H and O–H groups in total. The van der Waals surface area contributed by atoms with Crippen LogP contribution >= 0.6 is 0 Å². The second-order valence-electron chi connectivity index (χ2n) is 5.24. The Hall–Kier alpha value is -1.06. The Morgan fingerprint density at radius 1 is 1.22 bits per heavy atom. The summed E-state index contributed by atoms with van der Waals surface area (Å²) in [7, 11) is 1.73. The first-order valence-corrected chi connectivity index (χ1v) is 6.85. The summed E-state index contributed by atoms with van der Waals surface area (Å²) >= 11 is 0. The minimum atomic E-state index is 0.320. The van der Waals surface area contributed by atoms with E-state index < -0.39 is 0 Å². The van der Waals surface area contributed by atoms with Crippen molar-refractivity contribution in [3.05, 3.63) is 29.8 Å². The van der Waals surface area contributed by atoms with Gasteiger partial charge >= 0.3 is 0 Å². The highest BCUT2D eigenvalue weighted by molar-refractivity contribution is 5.35. The molecule has 18 heavy (non-hydrogen) atoms. The van der Waals surface area contributed by atoms with Gasteiger partial charge in [0.25, 0.3) is 0 Å². The second-order valence-corrected chi connectivity index (χ2v) is 5.24. The van der Waals surface area contributed by atoms with Crippen LogP contribution in [0.1, 0.15) is 44.2 Å². The molecule has 0 radical (unpaired) electrons. The number of methoxy groups -OCH3 is 1. The number of benzene rings is 1. The molecule has 1 fully saturated rings. The average Bonchev–Trinajstić information content (AvgIpc) is 2.41. The molecule has 0 aliphatic heterocycles. The summed E-state index contributed by atoms with van der Waals surface area (Å²) in [5.74, 6) is 0.963. The van der Waals surface area contributed by atoms with Crippen LogP contribution in [0, 0.1) is 0 Å². The van der Waals surface area contributed by atoms with Gasteiger partial charge in [-0.1, -0.05) is 18.2 Å². The van der Waals surface area contributed by atoms with Gasteiger partial charge in [0.1, 0.15) is 5.75 Å². The molecule has 0 amide bonds. The lowest BCUT2D eigenvalue weighted by molar-refractivity contribution is 0.317. The van der Waals surface area contributed by atoms with Crippen molar-refractivity contribution in [1.29, 1.82) is 0 Å². The predicted molar refractivity (Wildman–Crippen MR) is 74.8 cm³/mol. The van der Waals surface area contributed by atoms with Crippen LogP contribution in [0.25, 0.3) is 0 Å². The fraction of sp³-hybridized carbons (Fsp3) is 0.600. The van der Waals surface area contributed by atoms with Gasteiger partial charge in [0.2, 0.25) is 0 Å². The van der Waals surface area contributed by atoms with Crippen LogP contribution in [-0.2, 0) is 0 Å². The summed E-state index contributed by atoms with van der Waals surface area (Å²) in [6, 6.07) is 9.53. The highest BCUT2D eigenvalue weighted by Crippen LogP contribution is 2.26. The third kappa shape index (κ3) is 3.24. The molecule has 3 heteroatoms. The predicted octanol–water partition coefficient (Wildman–Crippen LogP) is 2.62. The molecule has 1 unspecified atom stereocenters. The Morgan fingerprint density at radius 3 is 2.56 bits per heavy atom. The maximum atomic E-state index is 5.94. The van der Waals surface area contributed by atoms with Crippen molar-refractivity contribution in [1.82, 2.24) is 5.32 Å². The van der Waals surface area contributed by atoms with Gasteiger partial charge in [0.05, 0.1) is 7.11 Å². The first kappa shape index (κ1) is 13.4. The molecule has 1 saturated carbocycles. The zero-order chi connectivity index (χ0) is 13.0. The van der Waals surface area contributed by atoms with Crippen LogP contribution in [0.4, 0.5) is 0 Å². The Bertz CT molecular complexity index is 373. The van der Waals surface area contributed by atoms with Gasteiger partial charge in [-0.15, -0.1) is 0 Å². The van der Waals surface area contributed by atoms with E-state index in [0.717, 1.165) is 18.6 Å². The van der Waals surface area contributed by atoms with Gasteiger partial charge in [-0.2, -0.15) is 0 Å². The van der Waals surface area contributed by atoms with Crippen molar-refractivity contribution in [2.24, 2.45) is 5.73 Å². The maximum absolute atomic E-state index is 5.94. The van der Waals surface area contributed by atoms with Gasteiger partial charge in [-0.25, -0.2) is 0 Å². The van der Waals surface area contributed by atoms with E-state index in [2.05, 4.69) is 24.4 Å². The van der Waals surface area contributed by atoms with E-state index in [4.69, 9.17) is 10.5 Å². The standard InChI is InChI=1S/C15H24N2O/c1-11(14-5-3-4-6-15(14)18-2)17-13-9-7-12(16)8-10-13/h3-6,11-13,17H,7-10,16H2,1-2H3. The highest BCUT2D eigenvalue weighted by Gasteiger charge is 2.21. The van der Waals surface area contributed by atoms with Gasteiger partial charge in [0.15, 0.2) is 0 Å². The molecular weight excluding hydrogens is 224 g/mol. The van der Waals surface area contributed by atoms with Gasteiger partial charge in [0, 0.05) is 23.7 Å². The van der Waals surface area contributed by atoms with E-state index in [9.17, 15) is 0 Å². The van der Waals surface area contributed by atoms with E-state index >= 15 is 0 Å². The van der Waals surface area contributed by atoms with E-state index in [1.807, 2.05) is 12.1 Å². The molecule has 0 bridgehead atoms. The largest absolute Gasteiger partial charge is 0.496 e. The van der Waals surface area contributed by atoms with E-state index in [-0.39, 0.29) is 0 Å². The summed E-state index contributed by atoms with van der Waals surface area (Å²) < 4.78 is 5.41. The van der Waals surface area contributed by atoms with Crippen molar-refractivity contribution in [3.63, 3.8) is 0 Å². The SMILES string of the molecule is COc1ccccc1C(C)NC1CCC(N)CC1. The molecule has 0 aromatic heterocycles. The quantitative estimate of drug-likeness (QED) is 0.861. The average molecular weight is 248 g/mol. The smallest absolute Gasteiger partial charge is 0.123 e. The number of para-hydroxylation sites is 1. The van der Waals surface area contributed by atoms with Crippen LogP contribution < -0.4 is 15.8 Å². The third-order valence-electron chi connectivity index (χ3n) is 3.86. The fourth-order valence-corrected chi connectivity index (χ4v) is 2.75. The monoisotopic (exact) mass is 248 g/mol. The third-order valence-corrected chi connectivity index (χ3v) is 3.86. The number of hydrogen-bond donors (Lipinski definition) is 2. The van der Waals surface area contributed by atoms with Crippen molar-refractivity contribution >= 4 is 0 Å². The molecular formula is C15H24N2O. The zero-order valence-corrected chi connectivity index (χ0v) is 11.4. The lowest BCUT2D eigenvalue weighted by Crippen LogP contribution is -2.38. The summed E-state index contributed by atoms with van der Waals surface area (Å²) in [6.07, 6.45) is 4.63.